The van der Waals surface area contributed by atoms with E-state index in [1.807, 2.05) is 6.92 Å². The molecule has 0 aliphatic carbocycles. The average Bonchev–Trinajstić information content (AvgIpc) is 2.48. The molecule has 128 valence electrons. The first kappa shape index (κ1) is 19.0. The Morgan fingerprint density at radius 3 is 2.30 bits per heavy atom. The molecule has 0 aliphatic rings. The molecule has 4 nitrogen and oxygen atoms in total. The van der Waals surface area contributed by atoms with Crippen LogP contribution in [0.25, 0.3) is 0 Å². The summed E-state index contributed by atoms with van der Waals surface area (Å²) in [5.41, 5.74) is -0.0180. The molecule has 0 fully saturated rings. The van der Waals surface area contributed by atoms with Gasteiger partial charge in [-0.3, -0.25) is 4.79 Å². The molecule has 0 spiro atoms. The van der Waals surface area contributed by atoms with Crippen LogP contribution in [0.5, 0.6) is 0 Å². The first-order chi connectivity index (χ1) is 10.8. The quantitative estimate of drug-likeness (QED) is 0.766. The lowest BCUT2D eigenvalue weighted by atomic mass is 9.94. The molecule has 1 amide bonds. The summed E-state index contributed by atoms with van der Waals surface area (Å²) in [7, 11) is 0. The first-order valence-electron chi connectivity index (χ1n) is 7.39. The summed E-state index contributed by atoms with van der Waals surface area (Å²) in [6.45, 7) is 1.86. The molecule has 2 N–H and O–H groups in total. The highest BCUT2D eigenvalue weighted by molar-refractivity contribution is 5.84. The minimum Gasteiger partial charge on any atom is -0.480 e. The Kier molecular flexibility index (Phi) is 7.06. The summed E-state index contributed by atoms with van der Waals surface area (Å²) in [5.74, 6) is -4.11. The van der Waals surface area contributed by atoms with Gasteiger partial charge in [0.2, 0.25) is 5.91 Å². The summed E-state index contributed by atoms with van der Waals surface area (Å²) < 4.78 is 39.5. The lowest BCUT2D eigenvalue weighted by Gasteiger charge is -2.21. The first-order valence-corrected chi connectivity index (χ1v) is 7.39. The maximum Gasteiger partial charge on any atom is 0.396 e. The third-order valence-corrected chi connectivity index (χ3v) is 3.47. The third kappa shape index (κ3) is 6.30. The van der Waals surface area contributed by atoms with Crippen molar-refractivity contribution in [2.45, 2.75) is 50.7 Å². The van der Waals surface area contributed by atoms with Crippen molar-refractivity contribution in [2.24, 2.45) is 0 Å². The maximum atomic E-state index is 13.2. The molecule has 1 rings (SSSR count). The van der Waals surface area contributed by atoms with Gasteiger partial charge in [-0.05, 0) is 12.0 Å². The fraction of sp³-hybridized carbons (Fsp3) is 0.500. The van der Waals surface area contributed by atoms with Crippen molar-refractivity contribution in [3.63, 3.8) is 0 Å². The van der Waals surface area contributed by atoms with E-state index in [1.165, 1.54) is 24.3 Å². The van der Waals surface area contributed by atoms with Crippen molar-refractivity contribution in [1.82, 2.24) is 5.32 Å². The van der Waals surface area contributed by atoms with E-state index in [4.69, 9.17) is 5.11 Å². The number of carboxylic acid groups (broad SMARTS) is 1. The smallest absolute Gasteiger partial charge is 0.396 e. The molecule has 0 aromatic heterocycles. The molecule has 0 heterocycles. The summed E-state index contributed by atoms with van der Waals surface area (Å²) in [6, 6.07) is 5.96. The molecule has 7 heteroatoms. The van der Waals surface area contributed by atoms with Gasteiger partial charge in [0, 0.05) is 6.42 Å². The molecule has 2 atom stereocenters. The Morgan fingerprint density at radius 1 is 1.22 bits per heavy atom. The summed E-state index contributed by atoms with van der Waals surface area (Å²) in [6.07, 6.45) is -3.92. The standard InChI is InChI=1S/C16H20F3NO3/c1-2-3-9-13(15(22)23)20-14(21)10-12(16(17,18)19)11-7-5-4-6-8-11/h4-8,12-13H,2-3,9-10H2,1H3,(H,20,21)(H,22,23). The van der Waals surface area contributed by atoms with Gasteiger partial charge in [-0.1, -0.05) is 50.1 Å². The number of carbonyl (C=O) groups excluding carboxylic acids is 1. The second kappa shape index (κ2) is 8.55. The number of carboxylic acids is 1. The van der Waals surface area contributed by atoms with E-state index in [0.717, 1.165) is 6.42 Å². The monoisotopic (exact) mass is 331 g/mol. The highest BCUT2D eigenvalue weighted by atomic mass is 19.4. The largest absolute Gasteiger partial charge is 0.480 e. The average molecular weight is 331 g/mol. The third-order valence-electron chi connectivity index (χ3n) is 3.47. The van der Waals surface area contributed by atoms with Crippen molar-refractivity contribution in [3.8, 4) is 0 Å². The number of hydrogen-bond donors (Lipinski definition) is 2. The van der Waals surface area contributed by atoms with E-state index in [-0.39, 0.29) is 12.0 Å². The van der Waals surface area contributed by atoms with Crippen molar-refractivity contribution >= 4 is 11.9 Å². The van der Waals surface area contributed by atoms with Gasteiger partial charge in [0.15, 0.2) is 0 Å². The van der Waals surface area contributed by atoms with Crippen LogP contribution in [0.3, 0.4) is 0 Å². The van der Waals surface area contributed by atoms with Gasteiger partial charge in [-0.2, -0.15) is 13.2 Å². The fourth-order valence-electron chi connectivity index (χ4n) is 2.21. The van der Waals surface area contributed by atoms with E-state index in [0.29, 0.717) is 6.42 Å². The van der Waals surface area contributed by atoms with E-state index >= 15 is 0 Å². The van der Waals surface area contributed by atoms with Crippen LogP contribution >= 0.6 is 0 Å². The van der Waals surface area contributed by atoms with Crippen molar-refractivity contribution < 1.29 is 27.9 Å². The van der Waals surface area contributed by atoms with E-state index in [9.17, 15) is 22.8 Å². The number of rotatable bonds is 8. The van der Waals surface area contributed by atoms with Crippen molar-refractivity contribution in [1.29, 1.82) is 0 Å². The van der Waals surface area contributed by atoms with Crippen LogP contribution in [-0.4, -0.2) is 29.2 Å². The van der Waals surface area contributed by atoms with Crippen molar-refractivity contribution in [2.75, 3.05) is 0 Å². The van der Waals surface area contributed by atoms with Crippen LogP contribution in [0.2, 0.25) is 0 Å². The molecular formula is C16H20F3NO3. The highest BCUT2D eigenvalue weighted by Crippen LogP contribution is 2.37. The number of carbonyl (C=O) groups is 2. The zero-order chi connectivity index (χ0) is 17.5. The number of hydrogen-bond acceptors (Lipinski definition) is 2. The number of amides is 1. The van der Waals surface area contributed by atoms with Gasteiger partial charge in [0.05, 0.1) is 5.92 Å². The Morgan fingerprint density at radius 2 is 1.83 bits per heavy atom. The van der Waals surface area contributed by atoms with Crippen LogP contribution in [0.1, 0.15) is 44.1 Å². The van der Waals surface area contributed by atoms with E-state index in [2.05, 4.69) is 5.32 Å². The van der Waals surface area contributed by atoms with Crippen LogP contribution < -0.4 is 5.32 Å². The molecule has 2 unspecified atom stereocenters. The van der Waals surface area contributed by atoms with Gasteiger partial charge < -0.3 is 10.4 Å². The minimum atomic E-state index is -4.58. The van der Waals surface area contributed by atoms with Crippen LogP contribution in [0.15, 0.2) is 30.3 Å². The van der Waals surface area contributed by atoms with Gasteiger partial charge in [0.25, 0.3) is 0 Å². The van der Waals surface area contributed by atoms with Crippen molar-refractivity contribution in [3.05, 3.63) is 35.9 Å². The predicted octanol–water partition coefficient (Wildman–Crippen LogP) is 3.48. The highest BCUT2D eigenvalue weighted by Gasteiger charge is 2.42. The predicted molar refractivity (Wildman–Crippen MR) is 78.9 cm³/mol. The number of nitrogens with one attached hydrogen (secondary N) is 1. The molecule has 0 radical (unpaired) electrons. The van der Waals surface area contributed by atoms with Crippen LogP contribution in [0.4, 0.5) is 13.2 Å². The topological polar surface area (TPSA) is 66.4 Å². The lowest BCUT2D eigenvalue weighted by molar-refractivity contribution is -0.158. The van der Waals surface area contributed by atoms with Crippen LogP contribution in [-0.2, 0) is 9.59 Å². The summed E-state index contributed by atoms with van der Waals surface area (Å²) in [5, 5.41) is 11.2. The minimum absolute atomic E-state index is 0.0180. The molecule has 0 saturated heterocycles. The van der Waals surface area contributed by atoms with Gasteiger partial charge in [-0.25, -0.2) is 4.79 Å². The second-order valence-electron chi connectivity index (χ2n) is 5.31. The maximum absolute atomic E-state index is 13.2. The van der Waals surface area contributed by atoms with Gasteiger partial charge >= 0.3 is 12.1 Å². The molecule has 1 aromatic rings. The molecule has 0 bridgehead atoms. The zero-order valence-electron chi connectivity index (χ0n) is 12.8. The number of halogens is 3. The summed E-state index contributed by atoms with van der Waals surface area (Å²) >= 11 is 0. The number of alkyl halides is 3. The lowest BCUT2D eigenvalue weighted by Crippen LogP contribution is -2.42. The number of unbranched alkanes of at least 4 members (excludes halogenated alkanes) is 1. The van der Waals surface area contributed by atoms with Gasteiger partial charge in [0.1, 0.15) is 6.04 Å². The molecular weight excluding hydrogens is 311 g/mol. The molecule has 23 heavy (non-hydrogen) atoms. The molecule has 0 saturated carbocycles. The van der Waals surface area contributed by atoms with Crippen LogP contribution in [0, 0.1) is 0 Å². The Hall–Kier alpha value is -2.05. The van der Waals surface area contributed by atoms with E-state index in [1.54, 1.807) is 6.07 Å². The summed E-state index contributed by atoms with van der Waals surface area (Å²) in [4.78, 5) is 22.9. The molecule has 1 aromatic carbocycles. The SMILES string of the molecule is CCCCC(NC(=O)CC(c1ccccc1)C(F)(F)F)C(=O)O. The van der Waals surface area contributed by atoms with E-state index < -0.39 is 36.4 Å². The Labute approximate surface area is 132 Å². The Balaban J connectivity index is 2.79. The number of aliphatic carboxylic acids is 1. The normalized spacial score (nSPS) is 14.1. The Bertz CT molecular complexity index is 517. The van der Waals surface area contributed by atoms with Gasteiger partial charge in [-0.15, -0.1) is 0 Å². The molecule has 0 aliphatic heterocycles. The second-order valence-corrected chi connectivity index (χ2v) is 5.31. The fourth-order valence-corrected chi connectivity index (χ4v) is 2.21. The number of benzene rings is 1. The zero-order valence-corrected chi connectivity index (χ0v) is 12.8.